The van der Waals surface area contributed by atoms with Crippen molar-refractivity contribution in [1.29, 1.82) is 0 Å². The Morgan fingerprint density at radius 3 is 2.76 bits per heavy atom. The van der Waals surface area contributed by atoms with E-state index in [1.807, 2.05) is 19.1 Å². The van der Waals surface area contributed by atoms with Gasteiger partial charge in [0.05, 0.1) is 11.3 Å². The van der Waals surface area contributed by atoms with Crippen molar-refractivity contribution in [2.75, 3.05) is 12.0 Å². The summed E-state index contributed by atoms with van der Waals surface area (Å²) >= 11 is 0. The number of carbonyl (C=O) groups excluding carboxylic acids is 2. The zero-order valence-corrected chi connectivity index (χ0v) is 12.2. The van der Waals surface area contributed by atoms with Crippen molar-refractivity contribution < 1.29 is 9.59 Å². The van der Waals surface area contributed by atoms with E-state index in [-0.39, 0.29) is 11.8 Å². The summed E-state index contributed by atoms with van der Waals surface area (Å²) in [6.07, 6.45) is 3.24. The van der Waals surface area contributed by atoms with Gasteiger partial charge in [0.1, 0.15) is 0 Å². The molecular weight excluding hydrogens is 268 g/mol. The lowest BCUT2D eigenvalue weighted by Gasteiger charge is -2.10. The van der Waals surface area contributed by atoms with Gasteiger partial charge in [-0.15, -0.1) is 0 Å². The Bertz CT molecular complexity index is 526. The SMILES string of the molecule is Cc1ccc(C(=O)NCCCC(=O)NC2CC2)c(NN)c1. The molecule has 2 amide bonds. The minimum Gasteiger partial charge on any atom is -0.353 e. The summed E-state index contributed by atoms with van der Waals surface area (Å²) in [6, 6.07) is 5.80. The highest BCUT2D eigenvalue weighted by atomic mass is 16.2. The second-order valence-electron chi connectivity index (χ2n) is 5.39. The van der Waals surface area contributed by atoms with Gasteiger partial charge in [-0.1, -0.05) is 6.07 Å². The summed E-state index contributed by atoms with van der Waals surface area (Å²) in [7, 11) is 0. The van der Waals surface area contributed by atoms with Crippen molar-refractivity contribution >= 4 is 17.5 Å². The minimum atomic E-state index is -0.189. The molecule has 114 valence electrons. The van der Waals surface area contributed by atoms with Crippen molar-refractivity contribution in [3.8, 4) is 0 Å². The molecule has 0 unspecified atom stereocenters. The third-order valence-corrected chi connectivity index (χ3v) is 3.38. The van der Waals surface area contributed by atoms with Gasteiger partial charge in [0, 0.05) is 19.0 Å². The molecule has 1 aliphatic carbocycles. The van der Waals surface area contributed by atoms with Crippen LogP contribution in [-0.4, -0.2) is 24.4 Å². The molecule has 0 heterocycles. The third-order valence-electron chi connectivity index (χ3n) is 3.38. The first-order chi connectivity index (χ1) is 10.1. The molecule has 21 heavy (non-hydrogen) atoms. The van der Waals surface area contributed by atoms with E-state index in [1.54, 1.807) is 6.07 Å². The van der Waals surface area contributed by atoms with Gasteiger partial charge in [-0.25, -0.2) is 0 Å². The monoisotopic (exact) mass is 290 g/mol. The molecular formula is C15H22N4O2. The fourth-order valence-corrected chi connectivity index (χ4v) is 2.05. The van der Waals surface area contributed by atoms with Crippen LogP contribution in [0, 0.1) is 6.92 Å². The number of nitrogens with one attached hydrogen (secondary N) is 3. The predicted octanol–water partition coefficient (Wildman–Crippen LogP) is 1.07. The minimum absolute atomic E-state index is 0.0615. The molecule has 5 N–H and O–H groups in total. The third kappa shape index (κ3) is 4.75. The highest BCUT2D eigenvalue weighted by molar-refractivity contribution is 5.99. The molecule has 1 aromatic carbocycles. The van der Waals surface area contributed by atoms with Gasteiger partial charge in [-0.05, 0) is 43.9 Å². The van der Waals surface area contributed by atoms with Crippen LogP contribution in [0.1, 0.15) is 41.6 Å². The molecule has 1 fully saturated rings. The molecule has 0 bridgehead atoms. The van der Waals surface area contributed by atoms with Crippen molar-refractivity contribution in [3.63, 3.8) is 0 Å². The average molecular weight is 290 g/mol. The Hall–Kier alpha value is -2.08. The molecule has 0 spiro atoms. The number of nitrogen functional groups attached to an aromatic ring is 1. The van der Waals surface area contributed by atoms with Gasteiger partial charge in [0.25, 0.3) is 5.91 Å². The highest BCUT2D eigenvalue weighted by Gasteiger charge is 2.22. The standard InChI is InChI=1S/C15H22N4O2/c1-10-4-7-12(13(9-10)19-16)15(21)17-8-2-3-14(20)18-11-5-6-11/h4,7,9,11,19H,2-3,5-6,8,16H2,1H3,(H,17,21)(H,18,20). The number of hydrogen-bond acceptors (Lipinski definition) is 4. The number of nitrogens with two attached hydrogens (primary N) is 1. The van der Waals surface area contributed by atoms with Crippen LogP contribution in [0.15, 0.2) is 18.2 Å². The topological polar surface area (TPSA) is 96.2 Å². The van der Waals surface area contributed by atoms with Crippen LogP contribution in [0.4, 0.5) is 5.69 Å². The molecule has 1 saturated carbocycles. The van der Waals surface area contributed by atoms with Crippen LogP contribution in [0.2, 0.25) is 0 Å². The highest BCUT2D eigenvalue weighted by Crippen LogP contribution is 2.18. The van der Waals surface area contributed by atoms with Gasteiger partial charge < -0.3 is 16.1 Å². The van der Waals surface area contributed by atoms with Crippen molar-refractivity contribution in [1.82, 2.24) is 10.6 Å². The van der Waals surface area contributed by atoms with Crippen LogP contribution in [0.25, 0.3) is 0 Å². The van der Waals surface area contributed by atoms with E-state index in [0.29, 0.717) is 36.7 Å². The van der Waals surface area contributed by atoms with Crippen molar-refractivity contribution in [2.45, 2.75) is 38.6 Å². The first-order valence-corrected chi connectivity index (χ1v) is 7.25. The van der Waals surface area contributed by atoms with Crippen molar-refractivity contribution in [2.24, 2.45) is 5.84 Å². The fraction of sp³-hybridized carbons (Fsp3) is 0.467. The van der Waals surface area contributed by atoms with Crippen LogP contribution in [-0.2, 0) is 4.79 Å². The summed E-state index contributed by atoms with van der Waals surface area (Å²) < 4.78 is 0. The number of hydrazine groups is 1. The van der Waals surface area contributed by atoms with E-state index in [9.17, 15) is 9.59 Å². The zero-order valence-electron chi connectivity index (χ0n) is 12.2. The molecule has 2 rings (SSSR count). The summed E-state index contributed by atoms with van der Waals surface area (Å²) in [5, 5.41) is 5.72. The van der Waals surface area contributed by atoms with Gasteiger partial charge in [-0.3, -0.25) is 15.4 Å². The number of aryl methyl sites for hydroxylation is 1. The van der Waals surface area contributed by atoms with Gasteiger partial charge in [0.15, 0.2) is 0 Å². The Labute approximate surface area is 124 Å². The second-order valence-corrected chi connectivity index (χ2v) is 5.39. The average Bonchev–Trinajstić information content (AvgIpc) is 3.27. The van der Waals surface area contributed by atoms with Crippen LogP contribution < -0.4 is 21.9 Å². The van der Waals surface area contributed by atoms with E-state index in [0.717, 1.165) is 18.4 Å². The maximum absolute atomic E-state index is 12.1. The second kappa shape index (κ2) is 7.08. The molecule has 0 aliphatic heterocycles. The lowest BCUT2D eigenvalue weighted by atomic mass is 10.1. The fourth-order valence-electron chi connectivity index (χ4n) is 2.05. The number of rotatable bonds is 7. The smallest absolute Gasteiger partial charge is 0.253 e. The number of hydrogen-bond donors (Lipinski definition) is 4. The number of anilines is 1. The molecule has 1 aromatic rings. The molecule has 6 heteroatoms. The first-order valence-electron chi connectivity index (χ1n) is 7.25. The lowest BCUT2D eigenvalue weighted by Crippen LogP contribution is -2.29. The maximum Gasteiger partial charge on any atom is 0.253 e. The summed E-state index contributed by atoms with van der Waals surface area (Å²) in [5.41, 5.74) is 4.66. The quantitative estimate of drug-likeness (QED) is 0.343. The van der Waals surface area contributed by atoms with E-state index < -0.39 is 0 Å². The largest absolute Gasteiger partial charge is 0.353 e. The summed E-state index contributed by atoms with van der Waals surface area (Å²) in [5.74, 6) is 5.29. The van der Waals surface area contributed by atoms with Crippen LogP contribution in [0.5, 0.6) is 0 Å². The molecule has 1 aliphatic rings. The Balaban J connectivity index is 1.75. The van der Waals surface area contributed by atoms with Crippen LogP contribution >= 0.6 is 0 Å². The summed E-state index contributed by atoms with van der Waals surface area (Å²) in [4.78, 5) is 23.6. The Morgan fingerprint density at radius 2 is 2.10 bits per heavy atom. The molecule has 0 saturated heterocycles. The Kier molecular flexibility index (Phi) is 5.16. The van der Waals surface area contributed by atoms with E-state index in [4.69, 9.17) is 5.84 Å². The van der Waals surface area contributed by atoms with E-state index in [2.05, 4.69) is 16.1 Å². The lowest BCUT2D eigenvalue weighted by molar-refractivity contribution is -0.121. The van der Waals surface area contributed by atoms with E-state index in [1.165, 1.54) is 0 Å². The normalized spacial score (nSPS) is 13.6. The Morgan fingerprint density at radius 1 is 1.33 bits per heavy atom. The zero-order chi connectivity index (χ0) is 15.2. The molecule has 6 nitrogen and oxygen atoms in total. The van der Waals surface area contributed by atoms with E-state index >= 15 is 0 Å². The predicted molar refractivity (Wildman–Crippen MR) is 81.7 cm³/mol. The maximum atomic E-state index is 12.1. The van der Waals surface area contributed by atoms with Crippen molar-refractivity contribution in [3.05, 3.63) is 29.3 Å². The summed E-state index contributed by atoms with van der Waals surface area (Å²) in [6.45, 7) is 2.40. The van der Waals surface area contributed by atoms with Gasteiger partial charge >= 0.3 is 0 Å². The molecule has 0 atom stereocenters. The number of amides is 2. The first kappa shape index (κ1) is 15.3. The molecule has 0 aromatic heterocycles. The van der Waals surface area contributed by atoms with Gasteiger partial charge in [-0.2, -0.15) is 0 Å². The van der Waals surface area contributed by atoms with Crippen LogP contribution in [0.3, 0.4) is 0 Å². The van der Waals surface area contributed by atoms with Gasteiger partial charge in [0.2, 0.25) is 5.91 Å². The number of benzene rings is 1. The molecule has 0 radical (unpaired) electrons. The number of carbonyl (C=O) groups is 2.